The first kappa shape index (κ1) is 16.6. The van der Waals surface area contributed by atoms with E-state index >= 15 is 0 Å². The van der Waals surface area contributed by atoms with Crippen molar-refractivity contribution in [2.45, 2.75) is 44.3 Å². The van der Waals surface area contributed by atoms with Gasteiger partial charge in [-0.15, -0.1) is 0 Å². The number of hydrogen-bond donors (Lipinski definition) is 2. The molecule has 1 saturated heterocycles. The summed E-state index contributed by atoms with van der Waals surface area (Å²) in [6.45, 7) is 3.29. The number of ether oxygens (including phenoxy) is 1. The topological polar surface area (TPSA) is 100 Å². The van der Waals surface area contributed by atoms with Crippen LogP contribution in [0.25, 0.3) is 0 Å². The van der Waals surface area contributed by atoms with E-state index < -0.39 is 29.7 Å². The predicted molar refractivity (Wildman–Crippen MR) is 81.2 cm³/mol. The Morgan fingerprint density at radius 3 is 2.77 bits per heavy atom. The Labute approximate surface area is 128 Å². The van der Waals surface area contributed by atoms with Crippen molar-refractivity contribution in [1.29, 1.82) is 0 Å². The summed E-state index contributed by atoms with van der Waals surface area (Å²) in [5.74, 6) is 0.264. The molecule has 0 bridgehead atoms. The molecule has 1 fully saturated rings. The fourth-order valence-electron chi connectivity index (χ4n) is 2.40. The van der Waals surface area contributed by atoms with E-state index in [4.69, 9.17) is 4.74 Å². The summed E-state index contributed by atoms with van der Waals surface area (Å²) in [6, 6.07) is 1.55. The molecule has 1 aromatic heterocycles. The lowest BCUT2D eigenvalue weighted by molar-refractivity contribution is -0.0975. The van der Waals surface area contributed by atoms with Crippen LogP contribution in [0.4, 0.5) is 5.82 Å². The van der Waals surface area contributed by atoms with Crippen LogP contribution in [0, 0.1) is 0 Å². The van der Waals surface area contributed by atoms with Crippen molar-refractivity contribution < 1.29 is 14.9 Å². The maximum absolute atomic E-state index is 12.2. The third kappa shape index (κ3) is 3.03. The van der Waals surface area contributed by atoms with Crippen LogP contribution >= 0.6 is 0 Å². The quantitative estimate of drug-likeness (QED) is 0.594. The zero-order valence-corrected chi connectivity index (χ0v) is 13.2. The highest BCUT2D eigenvalue weighted by molar-refractivity contribution is 5.58. The predicted octanol–water partition coefficient (Wildman–Crippen LogP) is -0.116. The van der Waals surface area contributed by atoms with Crippen molar-refractivity contribution in [3.8, 4) is 0 Å². The number of aromatic nitrogens is 2. The van der Waals surface area contributed by atoms with E-state index in [1.807, 2.05) is 6.92 Å². The van der Waals surface area contributed by atoms with Crippen LogP contribution in [0.3, 0.4) is 0 Å². The lowest BCUT2D eigenvalue weighted by Gasteiger charge is -2.27. The van der Waals surface area contributed by atoms with Crippen molar-refractivity contribution in [3.63, 3.8) is 0 Å². The van der Waals surface area contributed by atoms with Crippen LogP contribution in [0.5, 0.6) is 0 Å². The highest BCUT2D eigenvalue weighted by atomic mass is 16.6. The molecule has 2 heterocycles. The largest absolute Gasteiger partial charge is 0.387 e. The molecule has 8 heteroatoms. The molecule has 8 nitrogen and oxygen atoms in total. The average molecular weight is 310 g/mol. The van der Waals surface area contributed by atoms with Gasteiger partial charge in [0, 0.05) is 20.3 Å². The number of aliphatic imine (C=N–C) groups is 1. The van der Waals surface area contributed by atoms with Gasteiger partial charge in [0.05, 0.1) is 12.4 Å². The number of nitrogens with zero attached hydrogens (tertiary/aromatic N) is 4. The summed E-state index contributed by atoms with van der Waals surface area (Å²) in [5, 5.41) is 20.5. The minimum absolute atomic E-state index is 0.264. The van der Waals surface area contributed by atoms with Crippen LogP contribution in [0.1, 0.15) is 26.5 Å². The van der Waals surface area contributed by atoms with Crippen LogP contribution in [0.2, 0.25) is 0 Å². The van der Waals surface area contributed by atoms with Gasteiger partial charge in [-0.1, -0.05) is 6.92 Å². The normalized spacial score (nSPS) is 31.8. The minimum atomic E-state index is -1.57. The zero-order chi connectivity index (χ0) is 16.5. The Kier molecular flexibility index (Phi) is 4.64. The zero-order valence-electron chi connectivity index (χ0n) is 13.2. The van der Waals surface area contributed by atoms with E-state index in [0.717, 1.165) is 0 Å². The molecule has 0 amide bonds. The second-order valence-electron chi connectivity index (χ2n) is 5.79. The lowest BCUT2D eigenvalue weighted by atomic mass is 9.95. The molecule has 1 aliphatic heterocycles. The van der Waals surface area contributed by atoms with Gasteiger partial charge >= 0.3 is 5.69 Å². The SMILES string of the molecule is CC[C@H]1OC(n2ccc(/N=C\N(C)C)nc2=O)[C@@](C)(O)C1O. The monoisotopic (exact) mass is 310 g/mol. The molecule has 22 heavy (non-hydrogen) atoms. The van der Waals surface area contributed by atoms with Gasteiger partial charge in [-0.25, -0.2) is 9.79 Å². The number of aliphatic hydroxyl groups excluding tert-OH is 1. The molecule has 2 unspecified atom stereocenters. The van der Waals surface area contributed by atoms with Crippen molar-refractivity contribution >= 4 is 12.2 Å². The molecule has 2 rings (SSSR count). The lowest BCUT2D eigenvalue weighted by Crippen LogP contribution is -2.45. The molecule has 0 aromatic carbocycles. The second kappa shape index (κ2) is 6.15. The van der Waals surface area contributed by atoms with Crippen molar-refractivity contribution in [3.05, 3.63) is 22.7 Å². The molecular weight excluding hydrogens is 288 g/mol. The van der Waals surface area contributed by atoms with E-state index in [-0.39, 0.29) is 5.82 Å². The van der Waals surface area contributed by atoms with Crippen molar-refractivity contribution in [1.82, 2.24) is 14.5 Å². The molecule has 0 saturated carbocycles. The van der Waals surface area contributed by atoms with Gasteiger partial charge in [-0.2, -0.15) is 4.98 Å². The van der Waals surface area contributed by atoms with E-state index in [2.05, 4.69) is 9.98 Å². The molecule has 1 aliphatic rings. The third-order valence-electron chi connectivity index (χ3n) is 3.65. The Hall–Kier alpha value is -1.77. The fraction of sp³-hybridized carbons (Fsp3) is 0.643. The summed E-state index contributed by atoms with van der Waals surface area (Å²) < 4.78 is 6.79. The standard InChI is InChI=1S/C14H22N4O4/c1-5-9-11(19)14(2,21)12(22-9)18-7-6-10(16-13(18)20)15-8-17(3)4/h6-9,11-12,19,21H,5H2,1-4H3/b15-8-/t9-,11?,12?,14+/m1/s1. The van der Waals surface area contributed by atoms with Crippen LogP contribution in [0.15, 0.2) is 22.1 Å². The molecule has 0 aliphatic carbocycles. The molecular formula is C14H22N4O4. The number of aliphatic hydroxyl groups is 2. The second-order valence-corrected chi connectivity index (χ2v) is 5.79. The highest BCUT2D eigenvalue weighted by Gasteiger charge is 2.52. The molecule has 0 spiro atoms. The van der Waals surface area contributed by atoms with Gasteiger partial charge in [0.15, 0.2) is 12.0 Å². The van der Waals surface area contributed by atoms with E-state index in [9.17, 15) is 15.0 Å². The molecule has 1 aromatic rings. The van der Waals surface area contributed by atoms with Gasteiger partial charge in [0.25, 0.3) is 0 Å². The van der Waals surface area contributed by atoms with E-state index in [1.54, 1.807) is 25.1 Å². The molecule has 4 atom stereocenters. The van der Waals surface area contributed by atoms with Crippen LogP contribution in [-0.2, 0) is 4.74 Å². The summed E-state index contributed by atoms with van der Waals surface area (Å²) in [4.78, 5) is 21.8. The smallest absolute Gasteiger partial charge is 0.351 e. The first-order valence-corrected chi connectivity index (χ1v) is 7.13. The highest BCUT2D eigenvalue weighted by Crippen LogP contribution is 2.38. The summed E-state index contributed by atoms with van der Waals surface area (Å²) in [7, 11) is 3.61. The Morgan fingerprint density at radius 1 is 1.59 bits per heavy atom. The average Bonchev–Trinajstić information content (AvgIpc) is 2.68. The minimum Gasteiger partial charge on any atom is -0.387 e. The van der Waals surface area contributed by atoms with Crippen LogP contribution in [-0.4, -0.2) is 62.9 Å². The Bertz CT molecular complexity index is 611. The molecule has 0 radical (unpaired) electrons. The van der Waals surface area contributed by atoms with Gasteiger partial charge in [-0.3, -0.25) is 4.57 Å². The number of hydrogen-bond acceptors (Lipinski definition) is 6. The van der Waals surface area contributed by atoms with Crippen LogP contribution < -0.4 is 5.69 Å². The summed E-state index contributed by atoms with van der Waals surface area (Å²) in [5.41, 5.74) is -2.16. The Morgan fingerprint density at radius 2 is 2.27 bits per heavy atom. The maximum Gasteiger partial charge on any atom is 0.351 e. The van der Waals surface area contributed by atoms with E-state index in [0.29, 0.717) is 6.42 Å². The maximum atomic E-state index is 12.2. The molecule has 2 N–H and O–H groups in total. The van der Waals surface area contributed by atoms with Crippen molar-refractivity contribution in [2.24, 2.45) is 4.99 Å². The van der Waals surface area contributed by atoms with E-state index in [1.165, 1.54) is 24.0 Å². The van der Waals surface area contributed by atoms with Gasteiger partial charge in [0.2, 0.25) is 0 Å². The van der Waals surface area contributed by atoms with Gasteiger partial charge in [-0.05, 0) is 19.4 Å². The summed E-state index contributed by atoms with van der Waals surface area (Å²) >= 11 is 0. The molecule has 122 valence electrons. The first-order chi connectivity index (χ1) is 10.3. The fourth-order valence-corrected chi connectivity index (χ4v) is 2.40. The number of rotatable bonds is 4. The first-order valence-electron chi connectivity index (χ1n) is 7.13. The third-order valence-corrected chi connectivity index (χ3v) is 3.65. The summed E-state index contributed by atoms with van der Waals surface area (Å²) in [6.07, 6.45) is 0.937. The van der Waals surface area contributed by atoms with Gasteiger partial charge in [0.1, 0.15) is 11.7 Å². The van der Waals surface area contributed by atoms with Gasteiger partial charge < -0.3 is 19.8 Å². The Balaban J connectivity index is 2.32. The van der Waals surface area contributed by atoms with Crippen molar-refractivity contribution in [2.75, 3.05) is 14.1 Å².